The van der Waals surface area contributed by atoms with Crippen LogP contribution >= 0.6 is 0 Å². The summed E-state index contributed by atoms with van der Waals surface area (Å²) in [6, 6.07) is 0. The van der Waals surface area contributed by atoms with Crippen LogP contribution in [0.25, 0.3) is 0 Å². The van der Waals surface area contributed by atoms with Gasteiger partial charge in [-0.05, 0) is 13.3 Å². The van der Waals surface area contributed by atoms with Crippen LogP contribution in [0, 0.1) is 6.92 Å². The Hall–Kier alpha value is -1.55. The van der Waals surface area contributed by atoms with E-state index in [0.717, 1.165) is 4.68 Å². The monoisotopic (exact) mass is 325 g/mol. The maximum atomic E-state index is 13.1. The second-order valence-electron chi connectivity index (χ2n) is 4.46. The van der Waals surface area contributed by atoms with Crippen molar-refractivity contribution in [2.45, 2.75) is 31.7 Å². The Morgan fingerprint density at radius 2 is 2.05 bits per heavy atom. The Labute approximate surface area is 121 Å². The SMILES string of the molecule is CCCN(CC(=O)O)S(=O)(=O)c1c(C(F)F)c(C)nn1C. The molecule has 0 fully saturated rings. The average molecular weight is 325 g/mol. The van der Waals surface area contributed by atoms with Crippen molar-refractivity contribution >= 4 is 16.0 Å². The van der Waals surface area contributed by atoms with E-state index >= 15 is 0 Å². The largest absolute Gasteiger partial charge is 0.480 e. The van der Waals surface area contributed by atoms with Gasteiger partial charge in [-0.1, -0.05) is 6.92 Å². The van der Waals surface area contributed by atoms with Crippen molar-refractivity contribution in [1.29, 1.82) is 0 Å². The van der Waals surface area contributed by atoms with E-state index in [2.05, 4.69) is 5.10 Å². The minimum atomic E-state index is -4.37. The fourth-order valence-electron chi connectivity index (χ4n) is 2.02. The number of aromatic nitrogens is 2. The molecule has 1 aromatic heterocycles. The van der Waals surface area contributed by atoms with Crippen molar-refractivity contribution in [3.05, 3.63) is 11.3 Å². The first-order chi connectivity index (χ1) is 9.62. The zero-order valence-corrected chi connectivity index (χ0v) is 12.7. The van der Waals surface area contributed by atoms with Crippen LogP contribution in [-0.2, 0) is 21.9 Å². The molecule has 0 spiro atoms. The summed E-state index contributed by atoms with van der Waals surface area (Å²) in [6.07, 6.45) is -2.66. The van der Waals surface area contributed by atoms with Crippen molar-refractivity contribution in [1.82, 2.24) is 14.1 Å². The molecule has 0 saturated carbocycles. The molecule has 0 aromatic carbocycles. The van der Waals surface area contributed by atoms with Crippen molar-refractivity contribution in [3.8, 4) is 0 Å². The van der Waals surface area contributed by atoms with Gasteiger partial charge in [-0.3, -0.25) is 9.48 Å². The minimum absolute atomic E-state index is 0.0818. The number of sulfonamides is 1. The molecule has 0 atom stereocenters. The first-order valence-corrected chi connectivity index (χ1v) is 7.60. The van der Waals surface area contributed by atoms with Crippen LogP contribution < -0.4 is 0 Å². The molecule has 120 valence electrons. The highest BCUT2D eigenvalue weighted by Crippen LogP contribution is 2.30. The zero-order valence-electron chi connectivity index (χ0n) is 11.9. The molecule has 0 saturated heterocycles. The fraction of sp³-hybridized carbons (Fsp3) is 0.636. The van der Waals surface area contributed by atoms with E-state index in [0.29, 0.717) is 10.7 Å². The highest BCUT2D eigenvalue weighted by Gasteiger charge is 2.35. The number of nitrogens with zero attached hydrogens (tertiary/aromatic N) is 3. The lowest BCUT2D eigenvalue weighted by atomic mass is 10.3. The predicted molar refractivity (Wildman–Crippen MR) is 69.6 cm³/mol. The number of carboxylic acid groups (broad SMARTS) is 1. The molecule has 1 aromatic rings. The molecule has 0 unspecified atom stereocenters. The number of rotatable bonds is 7. The number of halogens is 2. The topological polar surface area (TPSA) is 92.5 Å². The predicted octanol–water partition coefficient (Wildman–Crippen LogP) is 1.15. The summed E-state index contributed by atoms with van der Waals surface area (Å²) in [5.41, 5.74) is -0.790. The molecule has 10 heteroatoms. The van der Waals surface area contributed by atoms with Gasteiger partial charge in [0.1, 0.15) is 6.54 Å². The van der Waals surface area contributed by atoms with Crippen LogP contribution in [0.2, 0.25) is 0 Å². The number of hydrogen-bond donors (Lipinski definition) is 1. The van der Waals surface area contributed by atoms with Gasteiger partial charge >= 0.3 is 5.97 Å². The van der Waals surface area contributed by atoms with Crippen LogP contribution in [0.15, 0.2) is 5.03 Å². The van der Waals surface area contributed by atoms with Gasteiger partial charge in [-0.15, -0.1) is 0 Å². The van der Waals surface area contributed by atoms with Crippen molar-refractivity contribution in [2.75, 3.05) is 13.1 Å². The zero-order chi connectivity index (χ0) is 16.4. The fourth-order valence-corrected chi connectivity index (χ4v) is 3.85. The third-order valence-corrected chi connectivity index (χ3v) is 4.77. The maximum absolute atomic E-state index is 13.1. The maximum Gasteiger partial charge on any atom is 0.318 e. The van der Waals surface area contributed by atoms with E-state index in [1.165, 1.54) is 14.0 Å². The summed E-state index contributed by atoms with van der Waals surface area (Å²) >= 11 is 0. The van der Waals surface area contributed by atoms with Crippen LogP contribution in [0.5, 0.6) is 0 Å². The highest BCUT2D eigenvalue weighted by atomic mass is 32.2. The molecule has 0 amide bonds. The second kappa shape index (κ2) is 6.48. The van der Waals surface area contributed by atoms with E-state index < -0.39 is 39.6 Å². The van der Waals surface area contributed by atoms with E-state index in [9.17, 15) is 22.0 Å². The first-order valence-electron chi connectivity index (χ1n) is 6.16. The number of aryl methyl sites for hydroxylation is 2. The summed E-state index contributed by atoms with van der Waals surface area (Å²) in [5, 5.41) is 11.8. The van der Waals surface area contributed by atoms with Gasteiger partial charge < -0.3 is 5.11 Å². The summed E-state index contributed by atoms with van der Waals surface area (Å²) in [4.78, 5) is 10.8. The Morgan fingerprint density at radius 1 is 1.48 bits per heavy atom. The molecule has 21 heavy (non-hydrogen) atoms. The molecule has 0 aliphatic carbocycles. The third kappa shape index (κ3) is 3.56. The Bertz CT molecular complexity index is 628. The quantitative estimate of drug-likeness (QED) is 0.812. The lowest BCUT2D eigenvalue weighted by molar-refractivity contribution is -0.137. The Morgan fingerprint density at radius 3 is 2.48 bits per heavy atom. The van der Waals surface area contributed by atoms with Gasteiger partial charge in [0.15, 0.2) is 5.03 Å². The summed E-state index contributed by atoms with van der Waals surface area (Å²) in [5.74, 6) is -1.36. The first kappa shape index (κ1) is 17.5. The standard InChI is InChI=1S/C11H17F2N3O4S/c1-4-5-16(6-8(17)18)21(19,20)11-9(10(12)13)7(2)14-15(11)3/h10H,4-6H2,1-3H3,(H,17,18). The van der Waals surface area contributed by atoms with E-state index in [-0.39, 0.29) is 12.2 Å². The van der Waals surface area contributed by atoms with Gasteiger partial charge in [0.05, 0.1) is 11.3 Å². The Balaban J connectivity index is 3.44. The van der Waals surface area contributed by atoms with Crippen molar-refractivity contribution < 1.29 is 27.1 Å². The molecule has 0 bridgehead atoms. The third-order valence-electron chi connectivity index (χ3n) is 2.80. The lowest BCUT2D eigenvalue weighted by Crippen LogP contribution is -2.37. The number of alkyl halides is 2. The van der Waals surface area contributed by atoms with Gasteiger partial charge in [0, 0.05) is 13.6 Å². The summed E-state index contributed by atoms with van der Waals surface area (Å²) in [6.45, 7) is 2.07. The van der Waals surface area contributed by atoms with Crippen LogP contribution in [0.1, 0.15) is 31.0 Å². The van der Waals surface area contributed by atoms with E-state index in [1.54, 1.807) is 6.92 Å². The summed E-state index contributed by atoms with van der Waals surface area (Å²) in [7, 11) is -3.14. The molecule has 0 radical (unpaired) electrons. The van der Waals surface area contributed by atoms with Crippen molar-refractivity contribution in [2.24, 2.45) is 7.05 Å². The highest BCUT2D eigenvalue weighted by molar-refractivity contribution is 7.89. The second-order valence-corrected chi connectivity index (χ2v) is 6.31. The van der Waals surface area contributed by atoms with Crippen LogP contribution in [-0.4, -0.2) is 46.7 Å². The molecule has 0 aliphatic rings. The van der Waals surface area contributed by atoms with Gasteiger partial charge in [0.2, 0.25) is 0 Å². The molecular weight excluding hydrogens is 308 g/mol. The van der Waals surface area contributed by atoms with Crippen LogP contribution in [0.4, 0.5) is 8.78 Å². The lowest BCUT2D eigenvalue weighted by Gasteiger charge is -2.20. The molecule has 7 nitrogen and oxygen atoms in total. The molecule has 1 N–H and O–H groups in total. The number of hydrogen-bond acceptors (Lipinski definition) is 4. The average Bonchev–Trinajstić information content (AvgIpc) is 2.63. The van der Waals surface area contributed by atoms with E-state index in [4.69, 9.17) is 5.11 Å². The molecule has 0 aliphatic heterocycles. The molecule has 1 rings (SSSR count). The smallest absolute Gasteiger partial charge is 0.318 e. The number of aliphatic carboxylic acids is 1. The van der Waals surface area contributed by atoms with E-state index in [1.807, 2.05) is 0 Å². The number of carboxylic acids is 1. The molecular formula is C11H17F2N3O4S. The van der Waals surface area contributed by atoms with Gasteiger partial charge in [-0.2, -0.15) is 9.40 Å². The minimum Gasteiger partial charge on any atom is -0.480 e. The van der Waals surface area contributed by atoms with Crippen molar-refractivity contribution in [3.63, 3.8) is 0 Å². The van der Waals surface area contributed by atoms with Crippen LogP contribution in [0.3, 0.4) is 0 Å². The van der Waals surface area contributed by atoms with Gasteiger partial charge in [0.25, 0.3) is 16.4 Å². The number of carbonyl (C=O) groups is 1. The molecule has 1 heterocycles. The normalized spacial score (nSPS) is 12.3. The Kier molecular flexibility index (Phi) is 5.40. The summed E-state index contributed by atoms with van der Waals surface area (Å²) < 4.78 is 52.7. The van der Waals surface area contributed by atoms with Gasteiger partial charge in [-0.25, -0.2) is 17.2 Å².